The van der Waals surface area contributed by atoms with E-state index in [2.05, 4.69) is 190 Å². The molecule has 12 aromatic carbocycles. The average molecular weight is 2940 g/mol. The van der Waals surface area contributed by atoms with Crippen molar-refractivity contribution in [2.75, 3.05) is 0 Å². The second-order valence-corrected chi connectivity index (χ2v) is 31.6. The molecule has 19 aromatic rings. The van der Waals surface area contributed by atoms with Crippen molar-refractivity contribution in [1.29, 1.82) is 0 Å². The number of aryl methyl sites for hydroxylation is 2. The first-order chi connectivity index (χ1) is 66.7. The summed E-state index contributed by atoms with van der Waals surface area (Å²) in [7, 11) is 0. The normalized spacial score (nSPS) is 10.5. The van der Waals surface area contributed by atoms with Crippen molar-refractivity contribution in [3.63, 3.8) is 0 Å². The summed E-state index contributed by atoms with van der Waals surface area (Å²) >= 11 is 0. The summed E-state index contributed by atoms with van der Waals surface area (Å²) in [5.41, 5.74) is 28.4. The SMILES string of the molecule is CC(=O)C=C(C)O.CC(=O)C=C(C)O.CC1(C)c2ccccc2-c2c[c-]c(-c3ccccn3)cc21.Cc1cc(-c2[c-]cccc2)ncc1-c1ccccc1.Cc1nc(-c2[c-]cccc2)ccc1-c1ccccc1.O=C(c1c[c-]c(-c2ccccn2)cc1)c1ccccc1.O=C(c1ccccc1)c1ccc(-c2[c-]cccc2)[c-]n1.[Ir].[Ir].[Ir].[Ir].[Ir].[Ir].[c-]1ccccc1-c1ccccn1.[c-]1ccccc1-c1ccccn1. The number of pyridine rings is 7. The Morgan fingerprint density at radius 1 is 0.294 bits per heavy atom. The molecule has 7 heterocycles. The van der Waals surface area contributed by atoms with E-state index in [1.807, 2.05) is 310 Å². The maximum absolute atomic E-state index is 12.3. The predicted octanol–water partition coefficient (Wildman–Crippen LogP) is 28.4. The molecule has 6 radical (unpaired) electrons. The Kier molecular flexibility index (Phi) is 51.7. The van der Waals surface area contributed by atoms with Crippen molar-refractivity contribution in [1.82, 2.24) is 34.9 Å². The number of nitrogens with zero attached hydrogens (tertiary/aromatic N) is 7. The number of aliphatic hydroxyl groups excluding tert-OH is 2. The third-order valence-electron chi connectivity index (χ3n) is 20.9. The topological polar surface area (TPSA) is 199 Å². The summed E-state index contributed by atoms with van der Waals surface area (Å²) < 4.78 is 0. The second kappa shape index (κ2) is 62.6. The van der Waals surface area contributed by atoms with E-state index in [0.717, 1.165) is 84.4 Å². The van der Waals surface area contributed by atoms with E-state index < -0.39 is 0 Å². The summed E-state index contributed by atoms with van der Waals surface area (Å²) in [4.78, 5) is 75.0. The van der Waals surface area contributed by atoms with Gasteiger partial charge in [-0.15, -0.1) is 215 Å². The molecule has 0 spiro atoms. The Bertz CT molecular complexity index is 6640. The molecule has 0 saturated carbocycles. The molecule has 0 aliphatic heterocycles. The zero-order valence-electron chi connectivity index (χ0n) is 79.3. The number of hydrogen-bond donors (Lipinski definition) is 2. The van der Waals surface area contributed by atoms with E-state index in [1.54, 1.807) is 42.9 Å². The van der Waals surface area contributed by atoms with E-state index in [4.69, 9.17) is 10.2 Å². The van der Waals surface area contributed by atoms with Crippen LogP contribution < -0.4 is 0 Å². The molecule has 728 valence electrons. The maximum atomic E-state index is 12.3. The molecule has 1 aliphatic rings. The van der Waals surface area contributed by atoms with Gasteiger partial charge >= 0.3 is 0 Å². The standard InChI is InChI=1S/C20H16N.C18H11NO.C18H12NO.2C18H14N.2C11H8N.2C5H8O2.6Ir/c1-20(2)17-8-4-3-7-15(17)16-11-10-14(13-18(16)20)19-9-5-6-12-21-19;20-18(15-9-5-2-6-10-15)17-12-11-16(13-19-17)14-7-3-1-4-8-14;20-18(15-6-2-1-3-7-15)16-11-9-14(10-12-16)17-8-4-5-13-19-17;1-14-12-18(16-10-6-3-7-11-16)19-13-17(14)15-8-4-2-5-9-15;1-14-17(15-8-4-2-5-9-15)12-13-18(19-14)16-10-6-3-7-11-16;2*1-2-6-10(7-3-1)11-8-4-5-9-12-11;2*1-4(6)3-5(2)7;;;;;;/h3-9,11-13H,1-2H3;1-7,9-12H;1-9,11-13H;2*2-10,12-13H,1H3;2*1-6,8-9H;2*3,6H,1-2H3;;;;;;/q-1;-2;5*-1;;;;;;;;. The molecule has 1 aliphatic carbocycles. The Morgan fingerprint density at radius 2 is 0.671 bits per heavy atom. The van der Waals surface area contributed by atoms with E-state index in [9.17, 15) is 19.2 Å². The molecule has 19 heteroatoms. The summed E-state index contributed by atoms with van der Waals surface area (Å²) in [5.74, 6) is -0.208. The molecule has 0 saturated heterocycles. The van der Waals surface area contributed by atoms with E-state index in [1.165, 1.54) is 89.9 Å². The molecule has 0 fully saturated rings. The number of benzene rings is 12. The minimum absolute atomic E-state index is 0. The number of aromatic nitrogens is 7. The number of hydrogen-bond acceptors (Lipinski definition) is 13. The number of carbonyl (C=O) groups is 4. The van der Waals surface area contributed by atoms with Crippen LogP contribution in [-0.2, 0) is 136 Å². The Morgan fingerprint density at radius 3 is 1.06 bits per heavy atom. The van der Waals surface area contributed by atoms with Gasteiger partial charge in [0, 0.05) is 197 Å². The molecule has 20 rings (SSSR count). The van der Waals surface area contributed by atoms with Gasteiger partial charge in [-0.25, -0.2) is 11.1 Å². The molecular formula is C124H99Ir6N7O6-8. The van der Waals surface area contributed by atoms with Crippen molar-refractivity contribution in [3.05, 3.63) is 548 Å². The number of aliphatic hydroxyl groups is 2. The minimum atomic E-state index is -0.125. The summed E-state index contributed by atoms with van der Waals surface area (Å²) in [6.45, 7) is 14.5. The first-order valence-corrected chi connectivity index (χ1v) is 44.3. The van der Waals surface area contributed by atoms with Crippen LogP contribution in [0.3, 0.4) is 0 Å². The minimum Gasteiger partial charge on any atom is -0.512 e. The Labute approximate surface area is 920 Å². The second-order valence-electron chi connectivity index (χ2n) is 31.6. The fourth-order valence-corrected chi connectivity index (χ4v) is 14.3. The number of ketones is 4. The van der Waals surface area contributed by atoms with Crippen LogP contribution in [0.4, 0.5) is 0 Å². The van der Waals surface area contributed by atoms with Gasteiger partial charge in [0.15, 0.2) is 23.1 Å². The van der Waals surface area contributed by atoms with Crippen LogP contribution in [0.1, 0.15) is 95.9 Å². The molecule has 2 N–H and O–H groups in total. The van der Waals surface area contributed by atoms with E-state index >= 15 is 0 Å². The van der Waals surface area contributed by atoms with Crippen LogP contribution in [0.2, 0.25) is 0 Å². The third-order valence-corrected chi connectivity index (χ3v) is 20.9. The van der Waals surface area contributed by atoms with Crippen LogP contribution in [0.5, 0.6) is 0 Å². The van der Waals surface area contributed by atoms with Gasteiger partial charge in [-0.1, -0.05) is 249 Å². The van der Waals surface area contributed by atoms with Crippen LogP contribution in [0, 0.1) is 62.5 Å². The van der Waals surface area contributed by atoms with Crippen molar-refractivity contribution < 1.29 is 150 Å². The van der Waals surface area contributed by atoms with Crippen LogP contribution in [-0.4, -0.2) is 68.2 Å². The fourth-order valence-electron chi connectivity index (χ4n) is 14.3. The number of carbonyl (C=O) groups excluding carboxylic acids is 4. The molecule has 0 amide bonds. The number of rotatable bonds is 15. The molecule has 7 aromatic heterocycles. The van der Waals surface area contributed by atoms with E-state index in [0.29, 0.717) is 22.4 Å². The zero-order chi connectivity index (χ0) is 96.4. The number of fused-ring (bicyclic) bond motifs is 3. The maximum Gasteiger partial charge on any atom is 0.169 e. The average Bonchev–Trinajstić information content (AvgIpc) is 1.58. The molecule has 0 bridgehead atoms. The third kappa shape index (κ3) is 36.7. The van der Waals surface area contributed by atoms with E-state index in [-0.39, 0.29) is 161 Å². The first-order valence-electron chi connectivity index (χ1n) is 44.3. The van der Waals surface area contributed by atoms with Gasteiger partial charge < -0.3 is 45.1 Å². The molecule has 143 heavy (non-hydrogen) atoms. The van der Waals surface area contributed by atoms with Gasteiger partial charge in [-0.3, -0.25) is 19.2 Å². The monoisotopic (exact) mass is 2940 g/mol. The van der Waals surface area contributed by atoms with Gasteiger partial charge in [0.2, 0.25) is 0 Å². The summed E-state index contributed by atoms with van der Waals surface area (Å²) in [5, 5.41) is 16.7. The van der Waals surface area contributed by atoms with Crippen molar-refractivity contribution >= 4 is 23.1 Å². The van der Waals surface area contributed by atoms with Gasteiger partial charge in [-0.2, -0.15) is 30.3 Å². The van der Waals surface area contributed by atoms with Crippen LogP contribution >= 0.6 is 0 Å². The Hall–Kier alpha value is -13.7. The summed E-state index contributed by atoms with van der Waals surface area (Å²) in [6.07, 6.45) is 14.3. The van der Waals surface area contributed by atoms with Crippen molar-refractivity contribution in [3.8, 4) is 112 Å². The van der Waals surface area contributed by atoms with Crippen molar-refractivity contribution in [2.45, 2.75) is 60.8 Å². The summed E-state index contributed by atoms with van der Waals surface area (Å²) in [6, 6.07) is 152. The Balaban J connectivity index is 0.000000249. The molecular weight excluding hydrogens is 2840 g/mol. The number of allylic oxidation sites excluding steroid dienone is 4. The largest absolute Gasteiger partial charge is 0.512 e. The predicted molar refractivity (Wildman–Crippen MR) is 550 cm³/mol. The van der Waals surface area contributed by atoms with Gasteiger partial charge in [0.1, 0.15) is 0 Å². The van der Waals surface area contributed by atoms with Gasteiger partial charge in [0.25, 0.3) is 0 Å². The van der Waals surface area contributed by atoms with Crippen LogP contribution in [0.25, 0.3) is 112 Å². The molecule has 0 unspecified atom stereocenters. The van der Waals surface area contributed by atoms with Crippen LogP contribution in [0.15, 0.2) is 455 Å². The van der Waals surface area contributed by atoms with Gasteiger partial charge in [-0.05, 0) is 128 Å². The van der Waals surface area contributed by atoms with Crippen molar-refractivity contribution in [2.24, 2.45) is 0 Å². The molecule has 0 atom stereocenters. The quantitative estimate of drug-likeness (QED) is 0.0426. The smallest absolute Gasteiger partial charge is 0.169 e. The fraction of sp³-hybridized carbons (Fsp3) is 0.0726. The first kappa shape index (κ1) is 118. The molecule has 13 nitrogen and oxygen atoms in total. The van der Waals surface area contributed by atoms with Gasteiger partial charge in [0.05, 0.1) is 11.5 Å². The zero-order valence-corrected chi connectivity index (χ0v) is 93.7.